The number of hydrogen-bond acceptors (Lipinski definition) is 4. The lowest BCUT2D eigenvalue weighted by atomic mass is 10.0. The van der Waals surface area contributed by atoms with Crippen LogP contribution in [-0.2, 0) is 9.59 Å². The first-order valence-corrected chi connectivity index (χ1v) is 9.48. The van der Waals surface area contributed by atoms with Crippen molar-refractivity contribution in [1.82, 2.24) is 25.0 Å². The van der Waals surface area contributed by atoms with Gasteiger partial charge in [-0.2, -0.15) is 5.10 Å². The number of carbonyl (C=O) groups excluding carboxylic acids is 2. The van der Waals surface area contributed by atoms with E-state index in [4.69, 9.17) is 0 Å². The summed E-state index contributed by atoms with van der Waals surface area (Å²) in [6.07, 6.45) is 3.32. The Kier molecular flexibility index (Phi) is 6.39. The third-order valence-corrected chi connectivity index (χ3v) is 4.99. The van der Waals surface area contributed by atoms with Crippen LogP contribution in [0.15, 0.2) is 67.3 Å². The molecule has 0 saturated heterocycles. The molecule has 3 aromatic rings. The molecule has 2 unspecified atom stereocenters. The summed E-state index contributed by atoms with van der Waals surface area (Å²) in [6.45, 7) is 3.45. The SMILES string of the molecule is CC(=O)NC(CC(=O)N(C)C(C)c1ccc(-n2cncn2)cc1)c1ccccc1. The van der Waals surface area contributed by atoms with Crippen LogP contribution in [0, 0.1) is 0 Å². The van der Waals surface area contributed by atoms with Gasteiger partial charge >= 0.3 is 0 Å². The molecule has 7 nitrogen and oxygen atoms in total. The van der Waals surface area contributed by atoms with Gasteiger partial charge in [-0.25, -0.2) is 9.67 Å². The number of rotatable bonds is 7. The van der Waals surface area contributed by atoms with Crippen LogP contribution in [-0.4, -0.2) is 38.5 Å². The fourth-order valence-electron chi connectivity index (χ4n) is 3.19. The number of hydrogen-bond donors (Lipinski definition) is 1. The number of benzene rings is 2. The minimum Gasteiger partial charge on any atom is -0.349 e. The molecule has 1 N–H and O–H groups in total. The Labute approximate surface area is 170 Å². The maximum absolute atomic E-state index is 12.9. The van der Waals surface area contributed by atoms with Crippen LogP contribution in [0.4, 0.5) is 0 Å². The van der Waals surface area contributed by atoms with Crippen molar-refractivity contribution < 1.29 is 9.59 Å². The highest BCUT2D eigenvalue weighted by molar-refractivity contribution is 5.79. The zero-order valence-corrected chi connectivity index (χ0v) is 16.8. The fraction of sp³-hybridized carbons (Fsp3) is 0.273. The van der Waals surface area contributed by atoms with E-state index in [9.17, 15) is 9.59 Å². The summed E-state index contributed by atoms with van der Waals surface area (Å²) in [6, 6.07) is 16.9. The molecule has 0 spiro atoms. The molecule has 7 heteroatoms. The molecule has 0 aliphatic heterocycles. The van der Waals surface area contributed by atoms with E-state index in [1.54, 1.807) is 23.0 Å². The lowest BCUT2D eigenvalue weighted by Gasteiger charge is -2.28. The molecule has 1 heterocycles. The summed E-state index contributed by atoms with van der Waals surface area (Å²) in [5.74, 6) is -0.202. The Hall–Kier alpha value is -3.48. The van der Waals surface area contributed by atoms with E-state index >= 15 is 0 Å². The topological polar surface area (TPSA) is 80.1 Å². The molecule has 0 fully saturated rings. The summed E-state index contributed by atoms with van der Waals surface area (Å²) in [5.41, 5.74) is 2.83. The number of carbonyl (C=O) groups is 2. The van der Waals surface area contributed by atoms with Crippen LogP contribution < -0.4 is 5.32 Å². The predicted molar refractivity (Wildman–Crippen MR) is 110 cm³/mol. The van der Waals surface area contributed by atoms with E-state index in [1.165, 1.54) is 13.3 Å². The molecule has 2 atom stereocenters. The molecule has 0 bridgehead atoms. The average Bonchev–Trinajstić information content (AvgIpc) is 3.27. The maximum Gasteiger partial charge on any atom is 0.225 e. The summed E-state index contributed by atoms with van der Waals surface area (Å²) in [4.78, 5) is 30.2. The zero-order chi connectivity index (χ0) is 20.8. The van der Waals surface area contributed by atoms with Gasteiger partial charge < -0.3 is 10.2 Å². The second-order valence-corrected chi connectivity index (χ2v) is 6.98. The number of amides is 2. The van der Waals surface area contributed by atoms with Gasteiger partial charge in [-0.1, -0.05) is 42.5 Å². The molecule has 0 aliphatic rings. The van der Waals surface area contributed by atoms with Crippen molar-refractivity contribution in [3.8, 4) is 5.69 Å². The Morgan fingerprint density at radius 3 is 2.34 bits per heavy atom. The van der Waals surface area contributed by atoms with E-state index in [0.29, 0.717) is 0 Å². The molecule has 0 radical (unpaired) electrons. The molecule has 0 saturated carbocycles. The Morgan fingerprint density at radius 2 is 1.76 bits per heavy atom. The van der Waals surface area contributed by atoms with Crippen molar-refractivity contribution in [3.63, 3.8) is 0 Å². The van der Waals surface area contributed by atoms with Gasteiger partial charge in [0.25, 0.3) is 0 Å². The van der Waals surface area contributed by atoms with Crippen molar-refractivity contribution in [2.75, 3.05) is 7.05 Å². The Bertz CT molecular complexity index is 939. The Morgan fingerprint density at radius 1 is 1.07 bits per heavy atom. The second-order valence-electron chi connectivity index (χ2n) is 6.98. The van der Waals surface area contributed by atoms with Crippen LogP contribution >= 0.6 is 0 Å². The monoisotopic (exact) mass is 391 g/mol. The van der Waals surface area contributed by atoms with Crippen molar-refractivity contribution in [2.24, 2.45) is 0 Å². The largest absolute Gasteiger partial charge is 0.349 e. The van der Waals surface area contributed by atoms with E-state index in [-0.39, 0.29) is 30.3 Å². The van der Waals surface area contributed by atoms with Crippen molar-refractivity contribution in [3.05, 3.63) is 78.4 Å². The van der Waals surface area contributed by atoms with Crippen LogP contribution in [0.1, 0.15) is 43.5 Å². The summed E-state index contributed by atoms with van der Waals surface area (Å²) in [5, 5.41) is 7.00. The van der Waals surface area contributed by atoms with Crippen LogP contribution in [0.2, 0.25) is 0 Å². The van der Waals surface area contributed by atoms with Crippen LogP contribution in [0.25, 0.3) is 5.69 Å². The third-order valence-electron chi connectivity index (χ3n) is 4.99. The van der Waals surface area contributed by atoms with Gasteiger partial charge in [0.1, 0.15) is 12.7 Å². The van der Waals surface area contributed by atoms with Gasteiger partial charge in [-0.3, -0.25) is 9.59 Å². The highest BCUT2D eigenvalue weighted by Crippen LogP contribution is 2.24. The standard InChI is InChI=1S/C22H25N5O2/c1-16(18-9-11-20(12-10-18)27-15-23-14-24-27)26(3)22(29)13-21(25-17(2)28)19-7-5-4-6-8-19/h4-12,14-16,21H,13H2,1-3H3,(H,25,28). The predicted octanol–water partition coefficient (Wildman–Crippen LogP) is 3.05. The van der Waals surface area contributed by atoms with Gasteiger partial charge in [0.15, 0.2) is 0 Å². The van der Waals surface area contributed by atoms with E-state index < -0.39 is 0 Å². The molecule has 0 aliphatic carbocycles. The second kappa shape index (κ2) is 9.14. The smallest absolute Gasteiger partial charge is 0.225 e. The third kappa shape index (κ3) is 5.07. The van der Waals surface area contributed by atoms with E-state index in [1.807, 2.05) is 61.5 Å². The molecule has 150 valence electrons. The minimum absolute atomic E-state index is 0.0412. The molecular weight excluding hydrogens is 366 g/mol. The number of nitrogens with one attached hydrogen (secondary N) is 1. The molecule has 29 heavy (non-hydrogen) atoms. The normalized spacial score (nSPS) is 12.8. The highest BCUT2D eigenvalue weighted by atomic mass is 16.2. The van der Waals surface area contributed by atoms with Crippen molar-refractivity contribution in [1.29, 1.82) is 0 Å². The minimum atomic E-state index is -0.356. The quantitative estimate of drug-likeness (QED) is 0.671. The molecule has 3 rings (SSSR count). The van der Waals surface area contributed by atoms with Gasteiger partial charge in [0.05, 0.1) is 24.2 Å². The molecule has 2 amide bonds. The number of aromatic nitrogens is 3. The molecular formula is C22H25N5O2. The Balaban J connectivity index is 1.70. The van der Waals surface area contributed by atoms with Crippen molar-refractivity contribution in [2.45, 2.75) is 32.4 Å². The lowest BCUT2D eigenvalue weighted by Crippen LogP contribution is -2.35. The summed E-state index contributed by atoms with van der Waals surface area (Å²) in [7, 11) is 1.79. The lowest BCUT2D eigenvalue weighted by molar-refractivity contribution is -0.132. The summed E-state index contributed by atoms with van der Waals surface area (Å²) < 4.78 is 1.68. The maximum atomic E-state index is 12.9. The molecule has 1 aromatic heterocycles. The zero-order valence-electron chi connectivity index (χ0n) is 16.8. The van der Waals surface area contributed by atoms with E-state index in [0.717, 1.165) is 16.8 Å². The first-order valence-electron chi connectivity index (χ1n) is 9.48. The van der Waals surface area contributed by atoms with Crippen molar-refractivity contribution >= 4 is 11.8 Å². The first kappa shape index (κ1) is 20.3. The first-order chi connectivity index (χ1) is 14.0. The molecule has 2 aromatic carbocycles. The van der Waals surface area contributed by atoms with Gasteiger partial charge in [-0.15, -0.1) is 0 Å². The van der Waals surface area contributed by atoms with Gasteiger partial charge in [0, 0.05) is 14.0 Å². The van der Waals surface area contributed by atoms with Crippen LogP contribution in [0.3, 0.4) is 0 Å². The number of nitrogens with zero attached hydrogens (tertiary/aromatic N) is 4. The van der Waals surface area contributed by atoms with Gasteiger partial charge in [-0.05, 0) is 30.2 Å². The highest BCUT2D eigenvalue weighted by Gasteiger charge is 2.23. The summed E-state index contributed by atoms with van der Waals surface area (Å²) >= 11 is 0. The average molecular weight is 391 g/mol. The van der Waals surface area contributed by atoms with Crippen LogP contribution in [0.5, 0.6) is 0 Å². The fourth-order valence-corrected chi connectivity index (χ4v) is 3.19. The van der Waals surface area contributed by atoms with E-state index in [2.05, 4.69) is 15.4 Å². The van der Waals surface area contributed by atoms with Gasteiger partial charge in [0.2, 0.25) is 11.8 Å².